The van der Waals surface area contributed by atoms with E-state index in [1.54, 1.807) is 6.07 Å². The first kappa shape index (κ1) is 12.0. The fraction of sp³-hybridized carbons (Fsp3) is 0.462. The first-order chi connectivity index (χ1) is 8.00. The molecule has 1 aromatic rings. The topological polar surface area (TPSA) is 37.3 Å². The maximum absolute atomic E-state index is 13.8. The van der Waals surface area contributed by atoms with Crippen molar-refractivity contribution in [1.82, 2.24) is 0 Å². The van der Waals surface area contributed by atoms with Gasteiger partial charge in [-0.05, 0) is 36.8 Å². The first-order valence-corrected chi connectivity index (χ1v) is 5.71. The van der Waals surface area contributed by atoms with Crippen molar-refractivity contribution in [1.29, 1.82) is 0 Å². The fourth-order valence-corrected chi connectivity index (χ4v) is 2.41. The lowest BCUT2D eigenvalue weighted by Crippen LogP contribution is -2.22. The van der Waals surface area contributed by atoms with Gasteiger partial charge in [-0.1, -0.05) is 18.2 Å². The number of hydrogen-bond donors (Lipinski definition) is 1. The zero-order valence-electron chi connectivity index (χ0n) is 9.38. The lowest BCUT2D eigenvalue weighted by Gasteiger charge is -2.23. The number of carbonyl (C=O) groups is 1. The highest BCUT2D eigenvalue weighted by Crippen LogP contribution is 2.37. The van der Waals surface area contributed by atoms with Crippen molar-refractivity contribution in [2.45, 2.75) is 38.0 Å². The molecule has 0 unspecified atom stereocenters. The third-order valence-electron chi connectivity index (χ3n) is 3.16. The number of aliphatic carboxylic acids is 1. The van der Waals surface area contributed by atoms with Crippen LogP contribution in [0.5, 0.6) is 0 Å². The Hall–Kier alpha value is -1.45. The zero-order valence-corrected chi connectivity index (χ0v) is 9.38. The lowest BCUT2D eigenvalue weighted by molar-refractivity contribution is -0.145. The number of alkyl halides is 2. The van der Waals surface area contributed by atoms with Gasteiger partial charge < -0.3 is 5.11 Å². The summed E-state index contributed by atoms with van der Waals surface area (Å²) in [5, 5.41) is 8.53. The van der Waals surface area contributed by atoms with Gasteiger partial charge in [-0.25, -0.2) is 8.78 Å². The van der Waals surface area contributed by atoms with E-state index in [2.05, 4.69) is 0 Å². The summed E-state index contributed by atoms with van der Waals surface area (Å²) in [5.41, 5.74) is 1.50. The molecule has 17 heavy (non-hydrogen) atoms. The van der Waals surface area contributed by atoms with E-state index in [4.69, 9.17) is 5.11 Å². The molecule has 2 nitrogen and oxygen atoms in total. The summed E-state index contributed by atoms with van der Waals surface area (Å²) >= 11 is 0. The van der Waals surface area contributed by atoms with Gasteiger partial charge in [0.25, 0.3) is 5.92 Å². The monoisotopic (exact) mass is 240 g/mol. The van der Waals surface area contributed by atoms with E-state index in [9.17, 15) is 13.6 Å². The molecule has 0 amide bonds. The third-order valence-corrected chi connectivity index (χ3v) is 3.16. The minimum atomic E-state index is -3.27. The molecule has 0 aliphatic heterocycles. The number of fused-ring (bicyclic) bond motifs is 1. The van der Waals surface area contributed by atoms with Crippen molar-refractivity contribution < 1.29 is 18.7 Å². The summed E-state index contributed by atoms with van der Waals surface area (Å²) in [7, 11) is 0. The zero-order chi connectivity index (χ0) is 12.5. The van der Waals surface area contributed by atoms with Crippen LogP contribution in [-0.2, 0) is 23.6 Å². The second-order valence-electron chi connectivity index (χ2n) is 4.43. The van der Waals surface area contributed by atoms with E-state index in [1.807, 2.05) is 6.07 Å². The number of carboxylic acids is 1. The molecular formula is C13H14F2O2. The van der Waals surface area contributed by atoms with Gasteiger partial charge in [0.05, 0.1) is 0 Å². The van der Waals surface area contributed by atoms with Crippen LogP contribution < -0.4 is 0 Å². The van der Waals surface area contributed by atoms with Gasteiger partial charge in [0.2, 0.25) is 0 Å². The molecule has 0 fully saturated rings. The number of rotatable bonds is 3. The van der Waals surface area contributed by atoms with E-state index in [1.165, 1.54) is 6.07 Å². The van der Waals surface area contributed by atoms with Crippen LogP contribution >= 0.6 is 0 Å². The lowest BCUT2D eigenvalue weighted by atomic mass is 9.85. The molecule has 4 heteroatoms. The Labute approximate surface area is 98.3 Å². The smallest absolute Gasteiger partial charge is 0.309 e. The van der Waals surface area contributed by atoms with Gasteiger partial charge in [0.1, 0.15) is 6.42 Å². The van der Waals surface area contributed by atoms with Crippen LogP contribution in [0.4, 0.5) is 8.78 Å². The molecule has 2 rings (SSSR count). The SMILES string of the molecule is O=C(O)CC(F)(F)c1cccc2c1CCCC2. The molecule has 0 bridgehead atoms. The Morgan fingerprint density at radius 2 is 2.00 bits per heavy atom. The first-order valence-electron chi connectivity index (χ1n) is 5.71. The van der Waals surface area contributed by atoms with Crippen molar-refractivity contribution in [3.63, 3.8) is 0 Å². The Bertz CT molecular complexity index is 441. The molecule has 1 aliphatic rings. The van der Waals surface area contributed by atoms with E-state index < -0.39 is 18.3 Å². The molecule has 0 aromatic heterocycles. The number of hydrogen-bond acceptors (Lipinski definition) is 1. The highest BCUT2D eigenvalue weighted by Gasteiger charge is 2.37. The molecule has 0 heterocycles. The fourth-order valence-electron chi connectivity index (χ4n) is 2.41. The highest BCUT2D eigenvalue weighted by molar-refractivity contribution is 5.68. The highest BCUT2D eigenvalue weighted by atomic mass is 19.3. The largest absolute Gasteiger partial charge is 0.481 e. The van der Waals surface area contributed by atoms with Crippen molar-refractivity contribution >= 4 is 5.97 Å². The predicted molar refractivity (Wildman–Crippen MR) is 59.2 cm³/mol. The number of aryl methyl sites for hydroxylation is 1. The second-order valence-corrected chi connectivity index (χ2v) is 4.43. The molecule has 0 atom stereocenters. The summed E-state index contributed by atoms with van der Waals surface area (Å²) in [4.78, 5) is 10.5. The maximum atomic E-state index is 13.8. The average molecular weight is 240 g/mol. The van der Waals surface area contributed by atoms with E-state index >= 15 is 0 Å². The molecule has 0 spiro atoms. The predicted octanol–water partition coefficient (Wildman–Crippen LogP) is 3.13. The minimum Gasteiger partial charge on any atom is -0.481 e. The minimum absolute atomic E-state index is 0.0999. The summed E-state index contributed by atoms with van der Waals surface area (Å²) in [5.74, 6) is -4.74. The standard InChI is InChI=1S/C13H14F2O2/c14-13(15,8-12(16)17)11-7-3-5-9-4-1-2-6-10(9)11/h3,5,7H,1-2,4,6,8H2,(H,16,17). The average Bonchev–Trinajstić information content (AvgIpc) is 2.26. The van der Waals surface area contributed by atoms with Crippen molar-refractivity contribution in [3.8, 4) is 0 Å². The molecule has 0 saturated heterocycles. The van der Waals surface area contributed by atoms with Crippen LogP contribution in [0.3, 0.4) is 0 Å². The quantitative estimate of drug-likeness (QED) is 0.881. The summed E-state index contributed by atoms with van der Waals surface area (Å²) in [6, 6.07) is 4.80. The maximum Gasteiger partial charge on any atom is 0.309 e. The van der Waals surface area contributed by atoms with Gasteiger partial charge in [0, 0.05) is 5.56 Å². The molecule has 92 valence electrons. The third kappa shape index (κ3) is 2.46. The normalized spacial score (nSPS) is 15.4. The van der Waals surface area contributed by atoms with Gasteiger partial charge in [-0.2, -0.15) is 0 Å². The molecule has 1 aromatic carbocycles. The van der Waals surface area contributed by atoms with Crippen LogP contribution in [0.1, 0.15) is 36.0 Å². The van der Waals surface area contributed by atoms with Crippen LogP contribution in [-0.4, -0.2) is 11.1 Å². The van der Waals surface area contributed by atoms with Crippen molar-refractivity contribution in [3.05, 3.63) is 34.9 Å². The van der Waals surface area contributed by atoms with Crippen LogP contribution in [0.15, 0.2) is 18.2 Å². The Morgan fingerprint density at radius 3 is 2.71 bits per heavy atom. The Morgan fingerprint density at radius 1 is 1.29 bits per heavy atom. The van der Waals surface area contributed by atoms with Crippen LogP contribution in [0.25, 0.3) is 0 Å². The van der Waals surface area contributed by atoms with E-state index in [-0.39, 0.29) is 5.56 Å². The van der Waals surface area contributed by atoms with E-state index in [0.29, 0.717) is 12.0 Å². The van der Waals surface area contributed by atoms with Gasteiger partial charge in [0.15, 0.2) is 0 Å². The van der Waals surface area contributed by atoms with Gasteiger partial charge in [-0.3, -0.25) is 4.79 Å². The number of benzene rings is 1. The summed E-state index contributed by atoms with van der Waals surface area (Å²) in [6.07, 6.45) is 2.21. The molecule has 1 N–H and O–H groups in total. The summed E-state index contributed by atoms with van der Waals surface area (Å²) in [6.45, 7) is 0. The van der Waals surface area contributed by atoms with Crippen LogP contribution in [0, 0.1) is 0 Å². The van der Waals surface area contributed by atoms with Crippen molar-refractivity contribution in [2.75, 3.05) is 0 Å². The number of halogens is 2. The molecule has 0 saturated carbocycles. The molecule has 1 aliphatic carbocycles. The number of carboxylic acid groups (broad SMARTS) is 1. The molecule has 0 radical (unpaired) electrons. The van der Waals surface area contributed by atoms with Crippen molar-refractivity contribution in [2.24, 2.45) is 0 Å². The Balaban J connectivity index is 2.41. The Kier molecular flexibility index (Phi) is 3.13. The summed E-state index contributed by atoms with van der Waals surface area (Å²) < 4.78 is 27.6. The van der Waals surface area contributed by atoms with Crippen LogP contribution in [0.2, 0.25) is 0 Å². The van der Waals surface area contributed by atoms with E-state index in [0.717, 1.165) is 24.8 Å². The second kappa shape index (κ2) is 4.43. The van der Waals surface area contributed by atoms with Gasteiger partial charge >= 0.3 is 5.97 Å². The van der Waals surface area contributed by atoms with Gasteiger partial charge in [-0.15, -0.1) is 0 Å². The molecular weight excluding hydrogens is 226 g/mol.